The molecular weight excluding hydrogens is 210 g/mol. The average molecular weight is 222 g/mol. The molecule has 0 amide bonds. The minimum absolute atomic E-state index is 0.0856. The van der Waals surface area contributed by atoms with E-state index < -0.39 is 5.92 Å². The lowest BCUT2D eigenvalue weighted by atomic mass is 9.88. The van der Waals surface area contributed by atoms with E-state index in [0.29, 0.717) is 0 Å². The zero-order valence-corrected chi connectivity index (χ0v) is 8.95. The van der Waals surface area contributed by atoms with Crippen molar-refractivity contribution in [2.24, 2.45) is 0 Å². The molecule has 1 fully saturated rings. The molecule has 1 aliphatic carbocycles. The van der Waals surface area contributed by atoms with Crippen LogP contribution in [0.25, 0.3) is 10.9 Å². The standard InChI is InChI=1S/C12H12F2N2/c1-8-2-3-9-7-15-16(11(9)4-8)10-5-12(13,14)6-10/h2-4,7,10H,5-6H2,1H3. The van der Waals surface area contributed by atoms with Crippen LogP contribution in [0, 0.1) is 6.92 Å². The van der Waals surface area contributed by atoms with Gasteiger partial charge in [0, 0.05) is 18.2 Å². The number of fused-ring (bicyclic) bond motifs is 1. The van der Waals surface area contributed by atoms with Gasteiger partial charge in [0.2, 0.25) is 0 Å². The quantitative estimate of drug-likeness (QED) is 0.723. The number of hydrogen-bond acceptors (Lipinski definition) is 1. The maximum Gasteiger partial charge on any atom is 0.252 e. The van der Waals surface area contributed by atoms with Crippen molar-refractivity contribution in [3.8, 4) is 0 Å². The predicted molar refractivity (Wildman–Crippen MR) is 57.7 cm³/mol. The van der Waals surface area contributed by atoms with Gasteiger partial charge in [-0.15, -0.1) is 0 Å². The molecule has 3 rings (SSSR count). The van der Waals surface area contributed by atoms with Crippen LogP contribution < -0.4 is 0 Å². The van der Waals surface area contributed by atoms with Crippen LogP contribution in [0.3, 0.4) is 0 Å². The molecule has 2 nitrogen and oxygen atoms in total. The minimum Gasteiger partial charge on any atom is -0.261 e. The second kappa shape index (κ2) is 3.03. The number of benzene rings is 1. The van der Waals surface area contributed by atoms with Crippen molar-refractivity contribution in [1.82, 2.24) is 9.78 Å². The lowest BCUT2D eigenvalue weighted by Crippen LogP contribution is -2.37. The van der Waals surface area contributed by atoms with Crippen molar-refractivity contribution in [2.45, 2.75) is 31.7 Å². The Bertz CT molecular complexity index is 537. The largest absolute Gasteiger partial charge is 0.261 e. The molecule has 0 aliphatic heterocycles. The Morgan fingerprint density at radius 2 is 2.12 bits per heavy atom. The number of rotatable bonds is 1. The Morgan fingerprint density at radius 1 is 1.38 bits per heavy atom. The molecule has 0 unspecified atom stereocenters. The van der Waals surface area contributed by atoms with Gasteiger partial charge in [0.1, 0.15) is 0 Å². The number of nitrogens with zero attached hydrogens (tertiary/aromatic N) is 2. The summed E-state index contributed by atoms with van der Waals surface area (Å²) in [5.41, 5.74) is 2.08. The number of hydrogen-bond donors (Lipinski definition) is 0. The summed E-state index contributed by atoms with van der Waals surface area (Å²) in [6.07, 6.45) is 1.57. The van der Waals surface area contributed by atoms with Crippen molar-refractivity contribution >= 4 is 10.9 Å². The zero-order valence-electron chi connectivity index (χ0n) is 8.95. The molecule has 0 N–H and O–H groups in total. The molecule has 0 radical (unpaired) electrons. The summed E-state index contributed by atoms with van der Waals surface area (Å²) in [6.45, 7) is 1.99. The predicted octanol–water partition coefficient (Wildman–Crippen LogP) is 3.31. The molecule has 1 saturated carbocycles. The van der Waals surface area contributed by atoms with E-state index in [-0.39, 0.29) is 18.9 Å². The van der Waals surface area contributed by atoms with E-state index in [9.17, 15) is 8.78 Å². The molecule has 0 bridgehead atoms. The maximum absolute atomic E-state index is 12.8. The van der Waals surface area contributed by atoms with Crippen molar-refractivity contribution in [1.29, 1.82) is 0 Å². The third kappa shape index (κ3) is 1.40. The number of aryl methyl sites for hydroxylation is 1. The van der Waals surface area contributed by atoms with E-state index in [1.807, 2.05) is 25.1 Å². The van der Waals surface area contributed by atoms with Crippen LogP contribution in [0.1, 0.15) is 24.4 Å². The first-order chi connectivity index (χ1) is 7.55. The van der Waals surface area contributed by atoms with Gasteiger partial charge in [0.25, 0.3) is 5.92 Å². The fourth-order valence-electron chi connectivity index (χ4n) is 2.24. The molecule has 1 aromatic carbocycles. The highest BCUT2D eigenvalue weighted by Gasteiger charge is 2.47. The Kier molecular flexibility index (Phi) is 1.85. The first-order valence-electron chi connectivity index (χ1n) is 5.37. The van der Waals surface area contributed by atoms with Crippen molar-refractivity contribution in [2.75, 3.05) is 0 Å². The van der Waals surface area contributed by atoms with E-state index in [1.165, 1.54) is 0 Å². The van der Waals surface area contributed by atoms with E-state index in [2.05, 4.69) is 5.10 Å². The SMILES string of the molecule is Cc1ccc2cnn(C3CC(F)(F)C3)c2c1. The highest BCUT2D eigenvalue weighted by atomic mass is 19.3. The lowest BCUT2D eigenvalue weighted by Gasteiger charge is -2.35. The van der Waals surface area contributed by atoms with Gasteiger partial charge in [0.15, 0.2) is 0 Å². The zero-order chi connectivity index (χ0) is 11.3. The summed E-state index contributed by atoms with van der Waals surface area (Å²) >= 11 is 0. The molecule has 1 aliphatic rings. The van der Waals surface area contributed by atoms with Gasteiger partial charge in [-0.1, -0.05) is 12.1 Å². The van der Waals surface area contributed by atoms with Crippen LogP contribution in [0.5, 0.6) is 0 Å². The summed E-state index contributed by atoms with van der Waals surface area (Å²) in [5, 5.41) is 5.22. The van der Waals surface area contributed by atoms with E-state index >= 15 is 0 Å². The fraction of sp³-hybridized carbons (Fsp3) is 0.417. The van der Waals surface area contributed by atoms with Crippen molar-refractivity contribution in [3.63, 3.8) is 0 Å². The molecular formula is C12H12F2N2. The second-order valence-corrected chi connectivity index (χ2v) is 4.57. The Morgan fingerprint density at radius 3 is 2.81 bits per heavy atom. The molecule has 0 saturated heterocycles. The van der Waals surface area contributed by atoms with Crippen molar-refractivity contribution in [3.05, 3.63) is 30.0 Å². The molecule has 4 heteroatoms. The fourth-order valence-corrected chi connectivity index (χ4v) is 2.24. The third-order valence-electron chi connectivity index (χ3n) is 3.17. The summed E-state index contributed by atoms with van der Waals surface area (Å²) in [7, 11) is 0. The average Bonchev–Trinajstić information content (AvgIpc) is 2.56. The summed E-state index contributed by atoms with van der Waals surface area (Å²) in [4.78, 5) is 0. The van der Waals surface area contributed by atoms with Gasteiger partial charge < -0.3 is 0 Å². The van der Waals surface area contributed by atoms with E-state index in [4.69, 9.17) is 0 Å². The van der Waals surface area contributed by atoms with E-state index in [0.717, 1.165) is 16.5 Å². The van der Waals surface area contributed by atoms with Crippen LogP contribution in [-0.2, 0) is 0 Å². The smallest absolute Gasteiger partial charge is 0.252 e. The molecule has 1 heterocycles. The molecule has 2 aromatic rings. The number of halogens is 2. The second-order valence-electron chi connectivity index (χ2n) is 4.57. The highest BCUT2D eigenvalue weighted by Crippen LogP contribution is 2.46. The molecule has 1 aromatic heterocycles. The van der Waals surface area contributed by atoms with E-state index in [1.54, 1.807) is 10.9 Å². The molecule has 16 heavy (non-hydrogen) atoms. The van der Waals surface area contributed by atoms with Crippen LogP contribution in [0.4, 0.5) is 8.78 Å². The van der Waals surface area contributed by atoms with Gasteiger partial charge in [-0.25, -0.2) is 8.78 Å². The first-order valence-corrected chi connectivity index (χ1v) is 5.37. The summed E-state index contributed by atoms with van der Waals surface area (Å²) < 4.78 is 27.4. The maximum atomic E-state index is 12.8. The number of aromatic nitrogens is 2. The summed E-state index contributed by atoms with van der Waals surface area (Å²) in [5.74, 6) is -2.49. The molecule has 0 spiro atoms. The normalized spacial score (nSPS) is 19.9. The first kappa shape index (κ1) is 9.75. The Labute approximate surface area is 91.9 Å². The monoisotopic (exact) mass is 222 g/mol. The number of alkyl halides is 2. The van der Waals surface area contributed by atoms with Crippen LogP contribution >= 0.6 is 0 Å². The van der Waals surface area contributed by atoms with Gasteiger partial charge in [-0.05, 0) is 18.6 Å². The lowest BCUT2D eigenvalue weighted by molar-refractivity contribution is -0.105. The Balaban J connectivity index is 2.02. The molecule has 0 atom stereocenters. The summed E-state index contributed by atoms with van der Waals surface area (Å²) in [6, 6.07) is 5.84. The van der Waals surface area contributed by atoms with Gasteiger partial charge >= 0.3 is 0 Å². The molecule has 84 valence electrons. The minimum atomic E-state index is -2.49. The topological polar surface area (TPSA) is 17.8 Å². The van der Waals surface area contributed by atoms with Gasteiger partial charge in [0.05, 0.1) is 17.8 Å². The van der Waals surface area contributed by atoms with Crippen LogP contribution in [0.15, 0.2) is 24.4 Å². The van der Waals surface area contributed by atoms with Gasteiger partial charge in [-0.2, -0.15) is 5.10 Å². The van der Waals surface area contributed by atoms with Crippen LogP contribution in [0.2, 0.25) is 0 Å². The highest BCUT2D eigenvalue weighted by molar-refractivity contribution is 5.79. The van der Waals surface area contributed by atoms with Crippen LogP contribution in [-0.4, -0.2) is 15.7 Å². The van der Waals surface area contributed by atoms with Crippen molar-refractivity contribution < 1.29 is 8.78 Å². The third-order valence-corrected chi connectivity index (χ3v) is 3.17. The van der Waals surface area contributed by atoms with Gasteiger partial charge in [-0.3, -0.25) is 4.68 Å². The Hall–Kier alpha value is -1.45.